The zero-order valence-corrected chi connectivity index (χ0v) is 9.87. The third-order valence-corrected chi connectivity index (χ3v) is 2.58. The summed E-state index contributed by atoms with van der Waals surface area (Å²) in [5, 5.41) is 2.62. The van der Waals surface area contributed by atoms with Gasteiger partial charge in [-0.15, -0.1) is 0 Å². The Morgan fingerprint density at radius 1 is 1.05 bits per heavy atom. The van der Waals surface area contributed by atoms with Gasteiger partial charge in [0.25, 0.3) is 5.56 Å². The van der Waals surface area contributed by atoms with Gasteiger partial charge < -0.3 is 9.88 Å². The largest absolute Gasteiger partial charge is 0.381 e. The zero-order chi connectivity index (χ0) is 13.8. The van der Waals surface area contributed by atoms with E-state index in [0.29, 0.717) is 6.07 Å². The number of rotatable bonds is 4. The standard InChI is InChI=1S/C13H11F3N2O/c14-9-7-11(16)12(8-10(9)15)17-4-6-18-5-2-1-3-13(18)19/h1-3,5,7-8,17H,4,6H2. The first-order valence-corrected chi connectivity index (χ1v) is 5.62. The van der Waals surface area contributed by atoms with E-state index in [1.165, 1.54) is 10.6 Å². The first kappa shape index (κ1) is 13.2. The molecule has 0 aliphatic heterocycles. The second kappa shape index (κ2) is 5.60. The molecule has 1 aromatic heterocycles. The highest BCUT2D eigenvalue weighted by Gasteiger charge is 2.09. The van der Waals surface area contributed by atoms with E-state index in [1.54, 1.807) is 18.3 Å². The molecule has 0 radical (unpaired) electrons. The van der Waals surface area contributed by atoms with E-state index >= 15 is 0 Å². The van der Waals surface area contributed by atoms with Crippen LogP contribution in [0.4, 0.5) is 18.9 Å². The monoisotopic (exact) mass is 268 g/mol. The van der Waals surface area contributed by atoms with E-state index in [1.807, 2.05) is 0 Å². The van der Waals surface area contributed by atoms with Gasteiger partial charge in [-0.25, -0.2) is 13.2 Å². The predicted octanol–water partition coefficient (Wildman–Crippen LogP) is 2.38. The molecule has 19 heavy (non-hydrogen) atoms. The second-order valence-corrected chi connectivity index (χ2v) is 3.91. The molecule has 1 N–H and O–H groups in total. The molecule has 0 atom stereocenters. The number of anilines is 1. The third-order valence-electron chi connectivity index (χ3n) is 2.58. The van der Waals surface area contributed by atoms with Gasteiger partial charge in [0.15, 0.2) is 11.6 Å². The average molecular weight is 268 g/mol. The fraction of sp³-hybridized carbons (Fsp3) is 0.154. The average Bonchev–Trinajstić information content (AvgIpc) is 2.38. The molecule has 2 aromatic rings. The number of hydrogen-bond acceptors (Lipinski definition) is 2. The van der Waals surface area contributed by atoms with Crippen LogP contribution in [-0.4, -0.2) is 11.1 Å². The van der Waals surface area contributed by atoms with E-state index in [-0.39, 0.29) is 24.3 Å². The minimum atomic E-state index is -1.23. The Balaban J connectivity index is 2.02. The van der Waals surface area contributed by atoms with Gasteiger partial charge in [0.05, 0.1) is 5.69 Å². The quantitative estimate of drug-likeness (QED) is 0.864. The van der Waals surface area contributed by atoms with Crippen molar-refractivity contribution in [1.82, 2.24) is 4.57 Å². The first-order valence-electron chi connectivity index (χ1n) is 5.62. The van der Waals surface area contributed by atoms with Crippen molar-refractivity contribution in [1.29, 1.82) is 0 Å². The van der Waals surface area contributed by atoms with Crippen molar-refractivity contribution in [2.24, 2.45) is 0 Å². The van der Waals surface area contributed by atoms with Gasteiger partial charge in [-0.05, 0) is 6.07 Å². The zero-order valence-electron chi connectivity index (χ0n) is 9.87. The number of hydrogen-bond donors (Lipinski definition) is 1. The highest BCUT2D eigenvalue weighted by molar-refractivity contribution is 5.45. The van der Waals surface area contributed by atoms with Crippen LogP contribution in [0.2, 0.25) is 0 Å². The molecule has 6 heteroatoms. The molecular formula is C13H11F3N2O. The lowest BCUT2D eigenvalue weighted by molar-refractivity contribution is 0.496. The summed E-state index contributed by atoms with van der Waals surface area (Å²) >= 11 is 0. The van der Waals surface area contributed by atoms with E-state index in [0.717, 1.165) is 6.07 Å². The molecule has 1 aromatic carbocycles. The minimum Gasteiger partial charge on any atom is -0.381 e. The number of pyridine rings is 1. The summed E-state index contributed by atoms with van der Waals surface area (Å²) in [6.07, 6.45) is 1.59. The summed E-state index contributed by atoms with van der Waals surface area (Å²) < 4.78 is 40.4. The molecule has 0 spiro atoms. The van der Waals surface area contributed by atoms with Crippen LogP contribution in [0, 0.1) is 17.5 Å². The van der Waals surface area contributed by atoms with Crippen LogP contribution in [0.3, 0.4) is 0 Å². The van der Waals surface area contributed by atoms with Gasteiger partial charge in [-0.1, -0.05) is 6.07 Å². The molecule has 0 saturated heterocycles. The van der Waals surface area contributed by atoms with Gasteiger partial charge in [-0.2, -0.15) is 0 Å². The smallest absolute Gasteiger partial charge is 0.250 e. The molecule has 0 unspecified atom stereocenters. The molecule has 0 aliphatic carbocycles. The molecule has 0 aliphatic rings. The Morgan fingerprint density at radius 2 is 1.79 bits per heavy atom. The van der Waals surface area contributed by atoms with Crippen molar-refractivity contribution in [2.75, 3.05) is 11.9 Å². The highest BCUT2D eigenvalue weighted by Crippen LogP contribution is 2.17. The van der Waals surface area contributed by atoms with Crippen LogP contribution in [0.1, 0.15) is 0 Å². The van der Waals surface area contributed by atoms with Gasteiger partial charge in [0.2, 0.25) is 0 Å². The van der Waals surface area contributed by atoms with Crippen LogP contribution in [0.25, 0.3) is 0 Å². The van der Waals surface area contributed by atoms with Crippen molar-refractivity contribution in [3.63, 3.8) is 0 Å². The Labute approximate surface area is 107 Å². The fourth-order valence-electron chi connectivity index (χ4n) is 1.61. The topological polar surface area (TPSA) is 34.0 Å². The van der Waals surface area contributed by atoms with Crippen LogP contribution in [-0.2, 0) is 6.54 Å². The van der Waals surface area contributed by atoms with Crippen LogP contribution >= 0.6 is 0 Å². The molecule has 3 nitrogen and oxygen atoms in total. The molecule has 0 amide bonds. The fourth-order valence-corrected chi connectivity index (χ4v) is 1.61. The van der Waals surface area contributed by atoms with E-state index in [9.17, 15) is 18.0 Å². The summed E-state index contributed by atoms with van der Waals surface area (Å²) in [7, 11) is 0. The minimum absolute atomic E-state index is 0.136. The molecule has 0 bridgehead atoms. The van der Waals surface area contributed by atoms with Gasteiger partial charge in [-0.3, -0.25) is 4.79 Å². The van der Waals surface area contributed by atoms with Crippen molar-refractivity contribution >= 4 is 5.69 Å². The van der Waals surface area contributed by atoms with Crippen molar-refractivity contribution in [2.45, 2.75) is 6.54 Å². The van der Waals surface area contributed by atoms with Crippen LogP contribution < -0.4 is 10.9 Å². The van der Waals surface area contributed by atoms with E-state index in [2.05, 4.69) is 5.32 Å². The Bertz CT molecular complexity index is 640. The molecule has 2 rings (SSSR count). The number of nitrogens with zero attached hydrogens (tertiary/aromatic N) is 1. The number of nitrogens with one attached hydrogen (secondary N) is 1. The number of benzene rings is 1. The third kappa shape index (κ3) is 3.15. The molecule has 1 heterocycles. The summed E-state index contributed by atoms with van der Waals surface area (Å²) in [5.74, 6) is -3.23. The second-order valence-electron chi connectivity index (χ2n) is 3.91. The lowest BCUT2D eigenvalue weighted by Gasteiger charge is -2.09. The molecule has 0 fully saturated rings. The Hall–Kier alpha value is -2.24. The van der Waals surface area contributed by atoms with E-state index < -0.39 is 17.5 Å². The normalized spacial score (nSPS) is 10.5. The Kier molecular flexibility index (Phi) is 3.89. The van der Waals surface area contributed by atoms with Gasteiger partial charge in [0.1, 0.15) is 5.82 Å². The molecule has 0 saturated carbocycles. The highest BCUT2D eigenvalue weighted by atomic mass is 19.2. The maximum atomic E-state index is 13.3. The summed E-state index contributed by atoms with van der Waals surface area (Å²) in [4.78, 5) is 11.4. The van der Waals surface area contributed by atoms with Crippen LogP contribution in [0.15, 0.2) is 41.3 Å². The summed E-state index contributed by atoms with van der Waals surface area (Å²) in [6.45, 7) is 0.504. The maximum absolute atomic E-state index is 13.3. The molecular weight excluding hydrogens is 257 g/mol. The van der Waals surface area contributed by atoms with Crippen molar-refractivity contribution in [3.8, 4) is 0 Å². The van der Waals surface area contributed by atoms with E-state index in [4.69, 9.17) is 0 Å². The van der Waals surface area contributed by atoms with Crippen molar-refractivity contribution < 1.29 is 13.2 Å². The van der Waals surface area contributed by atoms with Gasteiger partial charge in [0, 0.05) is 37.5 Å². The predicted molar refractivity (Wildman–Crippen MR) is 65.5 cm³/mol. The maximum Gasteiger partial charge on any atom is 0.250 e. The lowest BCUT2D eigenvalue weighted by Crippen LogP contribution is -2.22. The van der Waals surface area contributed by atoms with Crippen molar-refractivity contribution in [3.05, 3.63) is 64.3 Å². The van der Waals surface area contributed by atoms with Crippen LogP contribution in [0.5, 0.6) is 0 Å². The SMILES string of the molecule is O=c1ccccn1CCNc1cc(F)c(F)cc1F. The number of halogens is 3. The Morgan fingerprint density at radius 3 is 2.53 bits per heavy atom. The first-order chi connectivity index (χ1) is 9.08. The molecule has 100 valence electrons. The number of aromatic nitrogens is 1. The lowest BCUT2D eigenvalue weighted by atomic mass is 10.3. The van der Waals surface area contributed by atoms with Gasteiger partial charge >= 0.3 is 0 Å². The summed E-state index contributed by atoms with van der Waals surface area (Å²) in [6, 6.07) is 5.93. The summed E-state index contributed by atoms with van der Waals surface area (Å²) in [5.41, 5.74) is -0.321.